The molecule has 4 heterocycles. The Balaban J connectivity index is 1.27. The zero-order valence-corrected chi connectivity index (χ0v) is 21.0. The van der Waals surface area contributed by atoms with E-state index in [-0.39, 0.29) is 43.7 Å². The molecular formula is C26H30F3N7O2. The van der Waals surface area contributed by atoms with Crippen molar-refractivity contribution in [1.29, 1.82) is 0 Å². The molecular weight excluding hydrogens is 499 g/mol. The Morgan fingerprint density at radius 1 is 1.16 bits per heavy atom. The SMILES string of the molecule is CCn1nccc1C(=O)NCc1nc2ccc(C[C@H]3C[C@@H](C(F)(F)F)CNC3=O)nn2c1C1C[C@H]2C[C@@H]2C1. The number of imidazole rings is 1. The van der Waals surface area contributed by atoms with E-state index in [1.165, 1.54) is 6.42 Å². The topological polar surface area (TPSA) is 106 Å². The van der Waals surface area contributed by atoms with Gasteiger partial charge in [-0.3, -0.25) is 14.3 Å². The van der Waals surface area contributed by atoms with Gasteiger partial charge in [-0.05, 0) is 62.6 Å². The molecule has 0 bridgehead atoms. The Morgan fingerprint density at radius 3 is 2.68 bits per heavy atom. The fourth-order valence-electron chi connectivity index (χ4n) is 6.23. The second-order valence-electron chi connectivity index (χ2n) is 10.8. The van der Waals surface area contributed by atoms with Crippen molar-refractivity contribution in [2.45, 2.75) is 64.2 Å². The fourth-order valence-corrected chi connectivity index (χ4v) is 6.23. The summed E-state index contributed by atoms with van der Waals surface area (Å²) in [4.78, 5) is 30.0. The number of nitrogens with zero attached hydrogens (tertiary/aromatic N) is 5. The van der Waals surface area contributed by atoms with Crippen LogP contribution in [0.2, 0.25) is 0 Å². The third-order valence-corrected chi connectivity index (χ3v) is 8.32. The van der Waals surface area contributed by atoms with Crippen LogP contribution in [0.3, 0.4) is 0 Å². The van der Waals surface area contributed by atoms with Crippen LogP contribution in [0.4, 0.5) is 13.2 Å². The summed E-state index contributed by atoms with van der Waals surface area (Å²) in [6, 6.07) is 5.19. The predicted octanol–water partition coefficient (Wildman–Crippen LogP) is 3.25. The van der Waals surface area contributed by atoms with E-state index in [1.807, 2.05) is 6.92 Å². The zero-order valence-electron chi connectivity index (χ0n) is 21.0. The lowest BCUT2D eigenvalue weighted by molar-refractivity contribution is -0.183. The van der Waals surface area contributed by atoms with Crippen molar-refractivity contribution in [3.05, 3.63) is 47.2 Å². The number of nitrogens with one attached hydrogen (secondary N) is 2. The number of amides is 2. The first-order chi connectivity index (χ1) is 18.2. The van der Waals surface area contributed by atoms with Gasteiger partial charge in [-0.1, -0.05) is 0 Å². The van der Waals surface area contributed by atoms with Crippen molar-refractivity contribution in [3.8, 4) is 0 Å². The van der Waals surface area contributed by atoms with E-state index in [9.17, 15) is 22.8 Å². The van der Waals surface area contributed by atoms with Crippen molar-refractivity contribution in [2.75, 3.05) is 6.54 Å². The lowest BCUT2D eigenvalue weighted by Crippen LogP contribution is -2.47. The second-order valence-corrected chi connectivity index (χ2v) is 10.8. The molecule has 2 saturated carbocycles. The van der Waals surface area contributed by atoms with Crippen LogP contribution in [0.25, 0.3) is 5.65 Å². The molecule has 2 amide bonds. The molecule has 38 heavy (non-hydrogen) atoms. The third kappa shape index (κ3) is 4.64. The number of hydrogen-bond donors (Lipinski definition) is 2. The average Bonchev–Trinajstić information content (AvgIpc) is 3.24. The molecule has 0 unspecified atom stereocenters. The molecule has 3 fully saturated rings. The molecule has 0 aromatic carbocycles. The minimum Gasteiger partial charge on any atom is -0.355 e. The van der Waals surface area contributed by atoms with Gasteiger partial charge in [-0.25, -0.2) is 9.50 Å². The van der Waals surface area contributed by atoms with Crippen molar-refractivity contribution in [3.63, 3.8) is 0 Å². The van der Waals surface area contributed by atoms with Crippen LogP contribution in [-0.4, -0.2) is 48.9 Å². The van der Waals surface area contributed by atoms with Crippen LogP contribution in [0, 0.1) is 23.7 Å². The summed E-state index contributed by atoms with van der Waals surface area (Å²) in [5.41, 5.74) is 3.32. The van der Waals surface area contributed by atoms with Crippen LogP contribution in [0.15, 0.2) is 24.4 Å². The summed E-state index contributed by atoms with van der Waals surface area (Å²) < 4.78 is 43.3. The van der Waals surface area contributed by atoms with E-state index in [0.29, 0.717) is 35.4 Å². The van der Waals surface area contributed by atoms with Gasteiger partial charge in [-0.2, -0.15) is 23.4 Å². The summed E-state index contributed by atoms with van der Waals surface area (Å²) in [6.07, 6.45) is 0.430. The van der Waals surface area contributed by atoms with Crippen molar-refractivity contribution in [2.24, 2.45) is 23.7 Å². The summed E-state index contributed by atoms with van der Waals surface area (Å²) >= 11 is 0. The molecule has 2 aliphatic carbocycles. The highest BCUT2D eigenvalue weighted by Crippen LogP contribution is 2.57. The van der Waals surface area contributed by atoms with Crippen LogP contribution in [-0.2, 0) is 24.3 Å². The van der Waals surface area contributed by atoms with Gasteiger partial charge in [0.05, 0.1) is 29.5 Å². The normalized spacial score (nSPS) is 25.4. The Kier molecular flexibility index (Phi) is 6.14. The first-order valence-corrected chi connectivity index (χ1v) is 13.2. The van der Waals surface area contributed by atoms with Crippen molar-refractivity contribution >= 4 is 17.5 Å². The van der Waals surface area contributed by atoms with E-state index < -0.39 is 18.0 Å². The van der Waals surface area contributed by atoms with E-state index >= 15 is 0 Å². The Morgan fingerprint density at radius 2 is 1.95 bits per heavy atom. The van der Waals surface area contributed by atoms with Crippen molar-refractivity contribution in [1.82, 2.24) is 35.0 Å². The first kappa shape index (κ1) is 24.9. The molecule has 0 spiro atoms. The predicted molar refractivity (Wildman–Crippen MR) is 130 cm³/mol. The van der Waals surface area contributed by atoms with Gasteiger partial charge >= 0.3 is 6.18 Å². The van der Waals surface area contributed by atoms with E-state index in [0.717, 1.165) is 24.2 Å². The molecule has 1 saturated heterocycles. The van der Waals surface area contributed by atoms with E-state index in [4.69, 9.17) is 10.1 Å². The molecule has 2 N–H and O–H groups in total. The van der Waals surface area contributed by atoms with Crippen LogP contribution in [0.1, 0.15) is 66.1 Å². The number of piperidine rings is 1. The maximum atomic E-state index is 13.3. The van der Waals surface area contributed by atoms with Gasteiger partial charge in [0.1, 0.15) is 5.69 Å². The zero-order chi connectivity index (χ0) is 26.6. The van der Waals surface area contributed by atoms with E-state index in [2.05, 4.69) is 15.7 Å². The lowest BCUT2D eigenvalue weighted by atomic mass is 9.86. The highest BCUT2D eigenvalue weighted by Gasteiger charge is 2.48. The Labute approximate surface area is 217 Å². The van der Waals surface area contributed by atoms with Crippen LogP contribution < -0.4 is 10.6 Å². The number of aryl methyl sites for hydroxylation is 1. The number of rotatable bonds is 7. The van der Waals surface area contributed by atoms with Gasteiger partial charge in [0, 0.05) is 37.5 Å². The average molecular weight is 530 g/mol. The minimum absolute atomic E-state index is 0.120. The summed E-state index contributed by atoms with van der Waals surface area (Å²) in [5.74, 6) is -1.30. The number of halogens is 3. The summed E-state index contributed by atoms with van der Waals surface area (Å²) in [6.45, 7) is 2.34. The number of alkyl halides is 3. The molecule has 12 heteroatoms. The van der Waals surface area contributed by atoms with Gasteiger partial charge in [0.15, 0.2) is 5.65 Å². The number of carbonyl (C=O) groups excluding carboxylic acids is 2. The third-order valence-electron chi connectivity index (χ3n) is 8.32. The molecule has 9 nitrogen and oxygen atoms in total. The standard InChI is InChI=1S/C26H30F3N7O2/c1-2-35-21(5-6-32-35)25(38)31-13-20-23(16-8-14-7-15(14)9-16)36-22(33-20)4-3-19(34-36)11-17-10-18(26(27,28)29)12-30-24(17)37/h3-6,14-18H,2,7-13H2,1H3,(H,30,37)(H,31,38)/t14-,15-,17-,18-/m1/s1. The number of fused-ring (bicyclic) bond motifs is 2. The molecule has 3 aliphatic rings. The molecule has 6 rings (SSSR count). The van der Waals surface area contributed by atoms with Gasteiger partial charge in [0.25, 0.3) is 5.91 Å². The Hall–Kier alpha value is -3.44. The molecule has 3 aromatic rings. The second kappa shape index (κ2) is 9.39. The smallest absolute Gasteiger partial charge is 0.355 e. The quantitative estimate of drug-likeness (QED) is 0.489. The maximum absolute atomic E-state index is 13.3. The fraction of sp³-hybridized carbons (Fsp3) is 0.577. The lowest BCUT2D eigenvalue weighted by Gasteiger charge is -2.30. The summed E-state index contributed by atoms with van der Waals surface area (Å²) in [7, 11) is 0. The van der Waals surface area contributed by atoms with E-state index in [1.54, 1.807) is 33.6 Å². The largest absolute Gasteiger partial charge is 0.393 e. The minimum atomic E-state index is -4.35. The van der Waals surface area contributed by atoms with Gasteiger partial charge < -0.3 is 10.6 Å². The van der Waals surface area contributed by atoms with Gasteiger partial charge in [-0.15, -0.1) is 0 Å². The molecule has 3 aromatic heterocycles. The number of carbonyl (C=O) groups is 2. The van der Waals surface area contributed by atoms with Crippen molar-refractivity contribution < 1.29 is 22.8 Å². The first-order valence-electron chi connectivity index (χ1n) is 13.2. The highest BCUT2D eigenvalue weighted by molar-refractivity contribution is 5.92. The molecule has 0 radical (unpaired) electrons. The van der Waals surface area contributed by atoms with Crippen LogP contribution in [0.5, 0.6) is 0 Å². The van der Waals surface area contributed by atoms with Gasteiger partial charge in [0.2, 0.25) is 5.91 Å². The van der Waals surface area contributed by atoms with Crippen LogP contribution >= 0.6 is 0 Å². The molecule has 1 aliphatic heterocycles. The molecule has 4 atom stereocenters. The number of hydrogen-bond acceptors (Lipinski definition) is 5. The number of aromatic nitrogens is 5. The monoisotopic (exact) mass is 529 g/mol. The summed E-state index contributed by atoms with van der Waals surface area (Å²) in [5, 5.41) is 14.3. The molecule has 202 valence electrons. The highest BCUT2D eigenvalue weighted by atomic mass is 19.4. The maximum Gasteiger partial charge on any atom is 0.393 e. The Bertz CT molecular complexity index is 1370.